The number of carbonyl (C=O) groups excluding carboxylic acids is 2. The lowest BCUT2D eigenvalue weighted by Gasteiger charge is -2.36. The number of likely N-dealkylation sites (tertiary alicyclic amines) is 3. The Bertz CT molecular complexity index is 389. The van der Waals surface area contributed by atoms with E-state index < -0.39 is 0 Å². The Labute approximate surface area is 126 Å². The molecule has 0 aliphatic carbocycles. The van der Waals surface area contributed by atoms with Gasteiger partial charge in [0.1, 0.15) is 0 Å². The van der Waals surface area contributed by atoms with Crippen LogP contribution in [0.2, 0.25) is 0 Å². The van der Waals surface area contributed by atoms with Gasteiger partial charge in [0.2, 0.25) is 0 Å². The minimum atomic E-state index is 0.0490. The van der Waals surface area contributed by atoms with Crippen LogP contribution in [0.5, 0.6) is 0 Å². The summed E-state index contributed by atoms with van der Waals surface area (Å²) in [6, 6.07) is 0.319. The molecule has 0 saturated carbocycles. The van der Waals surface area contributed by atoms with Crippen molar-refractivity contribution in [1.29, 1.82) is 0 Å². The third kappa shape index (κ3) is 3.41. The molecule has 0 bridgehead atoms. The highest BCUT2D eigenvalue weighted by molar-refractivity contribution is 5.76. The van der Waals surface area contributed by atoms with E-state index in [0.29, 0.717) is 6.54 Å². The number of hydrogen-bond donors (Lipinski definition) is 1. The number of nitrogens with zero attached hydrogens (tertiary/aromatic N) is 3. The lowest BCUT2D eigenvalue weighted by Crippen LogP contribution is -2.54. The Morgan fingerprint density at radius 1 is 0.762 bits per heavy atom. The molecule has 4 amide bonds. The van der Waals surface area contributed by atoms with Crippen molar-refractivity contribution < 1.29 is 9.59 Å². The van der Waals surface area contributed by atoms with Crippen LogP contribution in [0.25, 0.3) is 0 Å². The Kier molecular flexibility index (Phi) is 4.51. The fourth-order valence-electron chi connectivity index (χ4n) is 3.56. The molecule has 3 saturated heterocycles. The van der Waals surface area contributed by atoms with Gasteiger partial charge in [-0.15, -0.1) is 0 Å². The lowest BCUT2D eigenvalue weighted by atomic mass is 10.1. The fraction of sp³-hybridized carbons (Fsp3) is 0.867. The standard InChI is InChI=1S/C15H26N4O2/c20-14(17-7-1-2-8-17)16-13-6-5-11-19(12-13)15(21)18-9-3-4-10-18/h13H,1-12H2,(H,16,20). The second kappa shape index (κ2) is 6.54. The van der Waals surface area contributed by atoms with Crippen LogP contribution in [0, 0.1) is 0 Å². The first-order chi connectivity index (χ1) is 10.2. The number of carbonyl (C=O) groups is 2. The molecule has 1 unspecified atom stereocenters. The zero-order valence-electron chi connectivity index (χ0n) is 12.7. The Balaban J connectivity index is 1.50. The minimum Gasteiger partial charge on any atom is -0.333 e. The molecule has 0 radical (unpaired) electrons. The topological polar surface area (TPSA) is 55.9 Å². The Morgan fingerprint density at radius 2 is 1.33 bits per heavy atom. The van der Waals surface area contributed by atoms with Crippen LogP contribution in [-0.2, 0) is 0 Å². The van der Waals surface area contributed by atoms with Gasteiger partial charge >= 0.3 is 12.1 Å². The molecule has 21 heavy (non-hydrogen) atoms. The molecule has 0 aromatic carbocycles. The molecule has 0 aromatic rings. The highest BCUT2D eigenvalue weighted by Gasteiger charge is 2.30. The molecular formula is C15H26N4O2. The van der Waals surface area contributed by atoms with Gasteiger partial charge in [-0.25, -0.2) is 9.59 Å². The van der Waals surface area contributed by atoms with E-state index in [0.717, 1.165) is 71.2 Å². The molecule has 3 aliphatic heterocycles. The molecule has 1 atom stereocenters. The summed E-state index contributed by atoms with van der Waals surface area (Å²) in [5.41, 5.74) is 0. The van der Waals surface area contributed by atoms with Crippen molar-refractivity contribution in [1.82, 2.24) is 20.0 Å². The number of rotatable bonds is 1. The van der Waals surface area contributed by atoms with Gasteiger partial charge in [-0.05, 0) is 38.5 Å². The number of urea groups is 2. The number of hydrogen-bond acceptors (Lipinski definition) is 2. The van der Waals surface area contributed by atoms with Crippen molar-refractivity contribution in [3.05, 3.63) is 0 Å². The molecular weight excluding hydrogens is 268 g/mol. The van der Waals surface area contributed by atoms with Crippen molar-refractivity contribution in [2.75, 3.05) is 39.3 Å². The average molecular weight is 294 g/mol. The average Bonchev–Trinajstić information content (AvgIpc) is 3.20. The number of piperidine rings is 1. The fourth-order valence-corrected chi connectivity index (χ4v) is 3.56. The molecule has 118 valence electrons. The largest absolute Gasteiger partial charge is 0.333 e. The summed E-state index contributed by atoms with van der Waals surface area (Å²) >= 11 is 0. The van der Waals surface area contributed by atoms with E-state index in [4.69, 9.17) is 0 Å². The summed E-state index contributed by atoms with van der Waals surface area (Å²) in [4.78, 5) is 30.3. The highest BCUT2D eigenvalue weighted by atomic mass is 16.2. The van der Waals surface area contributed by atoms with Crippen molar-refractivity contribution in [3.8, 4) is 0 Å². The van der Waals surface area contributed by atoms with Crippen molar-refractivity contribution in [3.63, 3.8) is 0 Å². The first-order valence-corrected chi connectivity index (χ1v) is 8.33. The summed E-state index contributed by atoms with van der Waals surface area (Å²) in [6.45, 7) is 5.00. The van der Waals surface area contributed by atoms with Gasteiger partial charge in [-0.2, -0.15) is 0 Å². The van der Waals surface area contributed by atoms with Crippen molar-refractivity contribution in [2.24, 2.45) is 0 Å². The molecule has 0 spiro atoms. The maximum Gasteiger partial charge on any atom is 0.320 e. The van der Waals surface area contributed by atoms with Crippen LogP contribution in [0.4, 0.5) is 9.59 Å². The summed E-state index contributed by atoms with van der Waals surface area (Å²) < 4.78 is 0. The van der Waals surface area contributed by atoms with E-state index in [1.165, 1.54) is 0 Å². The van der Waals surface area contributed by atoms with Crippen LogP contribution < -0.4 is 5.32 Å². The van der Waals surface area contributed by atoms with Gasteiger partial charge in [0.25, 0.3) is 0 Å². The van der Waals surface area contributed by atoms with Gasteiger partial charge in [0.05, 0.1) is 0 Å². The summed E-state index contributed by atoms with van der Waals surface area (Å²) in [6.07, 6.45) is 6.41. The maximum absolute atomic E-state index is 12.4. The molecule has 0 aromatic heterocycles. The van der Waals surface area contributed by atoms with Gasteiger partial charge in [0, 0.05) is 45.3 Å². The summed E-state index contributed by atoms with van der Waals surface area (Å²) in [5, 5.41) is 3.11. The monoisotopic (exact) mass is 294 g/mol. The normalized spacial score (nSPS) is 26.3. The van der Waals surface area contributed by atoms with E-state index >= 15 is 0 Å². The van der Waals surface area contributed by atoms with E-state index in [1.807, 2.05) is 14.7 Å². The molecule has 3 fully saturated rings. The quantitative estimate of drug-likeness (QED) is 0.796. The van der Waals surface area contributed by atoms with E-state index in [9.17, 15) is 9.59 Å². The van der Waals surface area contributed by atoms with Crippen LogP contribution in [-0.4, -0.2) is 72.1 Å². The first-order valence-electron chi connectivity index (χ1n) is 8.33. The zero-order valence-corrected chi connectivity index (χ0v) is 12.7. The smallest absolute Gasteiger partial charge is 0.320 e. The van der Waals surface area contributed by atoms with Crippen LogP contribution in [0.1, 0.15) is 38.5 Å². The highest BCUT2D eigenvalue weighted by Crippen LogP contribution is 2.16. The van der Waals surface area contributed by atoms with E-state index in [2.05, 4.69) is 5.32 Å². The van der Waals surface area contributed by atoms with E-state index in [1.54, 1.807) is 0 Å². The predicted molar refractivity (Wildman–Crippen MR) is 80.1 cm³/mol. The molecule has 1 N–H and O–H groups in total. The van der Waals surface area contributed by atoms with Gasteiger partial charge in [-0.1, -0.05) is 0 Å². The second-order valence-electron chi connectivity index (χ2n) is 6.41. The minimum absolute atomic E-state index is 0.0490. The maximum atomic E-state index is 12.4. The third-order valence-electron chi connectivity index (χ3n) is 4.79. The van der Waals surface area contributed by atoms with Gasteiger partial charge in [-0.3, -0.25) is 0 Å². The Morgan fingerprint density at radius 3 is 2.00 bits per heavy atom. The molecule has 6 nitrogen and oxygen atoms in total. The first kappa shape index (κ1) is 14.5. The second-order valence-corrected chi connectivity index (χ2v) is 6.41. The van der Waals surface area contributed by atoms with Gasteiger partial charge < -0.3 is 20.0 Å². The predicted octanol–water partition coefficient (Wildman–Crippen LogP) is 1.47. The van der Waals surface area contributed by atoms with Crippen LogP contribution in [0.3, 0.4) is 0 Å². The van der Waals surface area contributed by atoms with E-state index in [-0.39, 0.29) is 18.1 Å². The van der Waals surface area contributed by atoms with Crippen molar-refractivity contribution >= 4 is 12.1 Å². The summed E-state index contributed by atoms with van der Waals surface area (Å²) in [7, 11) is 0. The number of amides is 4. The lowest BCUT2D eigenvalue weighted by molar-refractivity contribution is 0.140. The molecule has 3 heterocycles. The third-order valence-corrected chi connectivity index (χ3v) is 4.79. The van der Waals surface area contributed by atoms with Crippen LogP contribution in [0.15, 0.2) is 0 Å². The Hall–Kier alpha value is -1.46. The van der Waals surface area contributed by atoms with Crippen molar-refractivity contribution in [2.45, 2.75) is 44.6 Å². The molecule has 3 aliphatic rings. The van der Waals surface area contributed by atoms with Crippen LogP contribution >= 0.6 is 0 Å². The zero-order chi connectivity index (χ0) is 14.7. The SMILES string of the molecule is O=C(NC1CCCN(C(=O)N2CCCC2)C1)N1CCCC1. The molecule has 3 rings (SSSR count). The number of nitrogens with one attached hydrogen (secondary N) is 1. The summed E-state index contributed by atoms with van der Waals surface area (Å²) in [5.74, 6) is 0. The van der Waals surface area contributed by atoms with Gasteiger partial charge in [0.15, 0.2) is 0 Å². The molecule has 6 heteroatoms.